The Morgan fingerprint density at radius 3 is 1.02 bits per heavy atom. The number of unbranched alkanes of at least 4 members (excludes halogenated alkanes) is 26. The summed E-state index contributed by atoms with van der Waals surface area (Å²) in [5.74, 6) is -17.1. The predicted octanol–water partition coefficient (Wildman–Crippen LogP) is 17.5. The van der Waals surface area contributed by atoms with Crippen molar-refractivity contribution in [1.82, 2.24) is 5.32 Å². The van der Waals surface area contributed by atoms with Crippen molar-refractivity contribution in [3.8, 4) is 5.75 Å². The first-order valence-corrected chi connectivity index (χ1v) is 34.7. The molecule has 0 unspecified atom stereocenters. The highest BCUT2D eigenvalue weighted by Crippen LogP contribution is 2.30. The van der Waals surface area contributed by atoms with Crippen molar-refractivity contribution >= 4 is 47.7 Å². The number of esters is 5. The van der Waals surface area contributed by atoms with Gasteiger partial charge in [0.2, 0.25) is 40.7 Å². The van der Waals surface area contributed by atoms with E-state index in [0.29, 0.717) is 32.1 Å². The Kier molecular flexibility index (Phi) is 47.3. The molecule has 17 nitrogen and oxygen atoms in total. The average molecular weight is 1360 g/mol. The van der Waals surface area contributed by atoms with Gasteiger partial charge in [-0.1, -0.05) is 215 Å². The summed E-state index contributed by atoms with van der Waals surface area (Å²) in [5, 5.41) is 20.1. The Balaban J connectivity index is 0.000000778. The number of carboxylic acid groups (broad SMARTS) is 2. The molecule has 0 fully saturated rings. The highest BCUT2D eigenvalue weighted by Gasteiger charge is 2.29. The van der Waals surface area contributed by atoms with Crippen molar-refractivity contribution in [2.75, 3.05) is 0 Å². The number of carboxylic acids is 2. The molecule has 0 spiro atoms. The van der Waals surface area contributed by atoms with Gasteiger partial charge in [0.05, 0.1) is 0 Å². The first-order valence-electron chi connectivity index (χ1n) is 34.7. The number of amides is 1. The lowest BCUT2D eigenvalue weighted by atomic mass is 10.0. The second-order valence-electron chi connectivity index (χ2n) is 26.2. The van der Waals surface area contributed by atoms with Crippen LogP contribution in [0.2, 0.25) is 0 Å². The van der Waals surface area contributed by atoms with E-state index in [0.717, 1.165) is 94.6 Å². The lowest BCUT2D eigenvalue weighted by Crippen LogP contribution is -2.42. The summed E-state index contributed by atoms with van der Waals surface area (Å²) in [7, 11) is 0. The monoisotopic (exact) mass is 1360 g/mol. The summed E-state index contributed by atoms with van der Waals surface area (Å²) in [6.45, 7) is 11.6. The van der Waals surface area contributed by atoms with Crippen molar-refractivity contribution in [2.24, 2.45) is 5.73 Å². The Hall–Kier alpha value is -6.97. The maximum absolute atomic E-state index is 13.5. The van der Waals surface area contributed by atoms with Gasteiger partial charge in [0.15, 0.2) is 0 Å². The minimum atomic E-state index is -2.29. The van der Waals surface area contributed by atoms with Crippen LogP contribution in [-0.2, 0) is 70.5 Å². The van der Waals surface area contributed by atoms with E-state index in [1.807, 2.05) is 102 Å². The Bertz CT molecular complexity index is 2660. The fourth-order valence-electron chi connectivity index (χ4n) is 9.81. The van der Waals surface area contributed by atoms with Crippen LogP contribution < -0.4 is 15.8 Å². The molecule has 22 heteroatoms. The number of nitrogens with two attached hydrogens (primary N) is 1. The van der Waals surface area contributed by atoms with Crippen molar-refractivity contribution in [2.45, 2.75) is 309 Å². The Morgan fingerprint density at radius 1 is 0.396 bits per heavy atom. The van der Waals surface area contributed by atoms with Gasteiger partial charge >= 0.3 is 41.8 Å². The lowest BCUT2D eigenvalue weighted by molar-refractivity contribution is -0.156. The van der Waals surface area contributed by atoms with Crippen LogP contribution in [-0.4, -0.2) is 81.2 Å². The fraction of sp³-hybridized carbons (Fsp3) is 0.649. The molecule has 1 amide bonds. The molecule has 0 aromatic heterocycles. The van der Waals surface area contributed by atoms with E-state index in [4.69, 9.17) is 34.9 Å². The molecule has 0 aliphatic carbocycles. The van der Waals surface area contributed by atoms with E-state index in [-0.39, 0.29) is 63.2 Å². The number of carbonyl (C=O) groups excluding carboxylic acids is 6. The largest absolute Gasteiger partial charge is 0.481 e. The quantitative estimate of drug-likeness (QED) is 0.00779. The molecule has 0 saturated heterocycles. The summed E-state index contributed by atoms with van der Waals surface area (Å²) >= 11 is 0. The van der Waals surface area contributed by atoms with Crippen LogP contribution >= 0.6 is 0 Å². The van der Waals surface area contributed by atoms with Crippen molar-refractivity contribution < 1.29 is 94.2 Å². The van der Waals surface area contributed by atoms with Gasteiger partial charge < -0.3 is 44.9 Å². The number of nitrogens with one attached hydrogen (secondary N) is 1. The molecule has 0 heterocycles. The van der Waals surface area contributed by atoms with Crippen LogP contribution in [0.3, 0.4) is 0 Å². The second-order valence-corrected chi connectivity index (χ2v) is 26.2. The molecule has 96 heavy (non-hydrogen) atoms. The minimum absolute atomic E-state index is 0.00451. The lowest BCUT2D eigenvalue weighted by Gasteiger charge is -2.19. The van der Waals surface area contributed by atoms with Gasteiger partial charge in [-0.25, -0.2) is 18.0 Å². The predicted molar refractivity (Wildman–Crippen MR) is 357 cm³/mol. The van der Waals surface area contributed by atoms with E-state index in [1.165, 1.54) is 83.5 Å². The molecule has 3 aromatic carbocycles. The summed E-state index contributed by atoms with van der Waals surface area (Å²) < 4.78 is 91.7. The normalized spacial score (nSPS) is 11.8. The number of rotatable bonds is 48. The fourth-order valence-corrected chi connectivity index (χ4v) is 9.81. The first kappa shape index (κ1) is 87.0. The molecule has 3 aromatic rings. The van der Waals surface area contributed by atoms with Gasteiger partial charge in [0, 0.05) is 38.5 Å². The zero-order valence-corrected chi connectivity index (χ0v) is 58.0. The van der Waals surface area contributed by atoms with E-state index in [2.05, 4.69) is 10.1 Å². The average Bonchev–Trinajstić information content (AvgIpc) is 0.801. The Labute approximate surface area is 566 Å². The van der Waals surface area contributed by atoms with E-state index < -0.39 is 88.0 Å². The van der Waals surface area contributed by atoms with Crippen LogP contribution in [0.25, 0.3) is 0 Å². The molecule has 2 atom stereocenters. The van der Waals surface area contributed by atoms with E-state index in [1.54, 1.807) is 0 Å². The van der Waals surface area contributed by atoms with Crippen LogP contribution in [0.1, 0.15) is 284 Å². The number of carbonyl (C=O) groups is 8. The van der Waals surface area contributed by atoms with Crippen molar-refractivity contribution in [3.63, 3.8) is 0 Å². The molecular formula is C74H111F5N2O15. The molecule has 5 N–H and O–H groups in total. The number of aliphatic carboxylic acids is 2. The molecule has 542 valence electrons. The highest BCUT2D eigenvalue weighted by molar-refractivity contribution is 5.85. The van der Waals surface area contributed by atoms with Gasteiger partial charge in [-0.05, 0) is 91.2 Å². The number of hydrogen-bond donors (Lipinski definition) is 4. The van der Waals surface area contributed by atoms with Gasteiger partial charge in [-0.2, -0.15) is 8.78 Å². The third-order valence-electron chi connectivity index (χ3n) is 15.0. The Morgan fingerprint density at radius 2 is 0.688 bits per heavy atom. The number of halogens is 5. The van der Waals surface area contributed by atoms with Crippen molar-refractivity contribution in [3.05, 3.63) is 101 Å². The summed E-state index contributed by atoms with van der Waals surface area (Å²) in [5.41, 5.74) is 6.38. The summed E-state index contributed by atoms with van der Waals surface area (Å²) in [6, 6.07) is 16.6. The summed E-state index contributed by atoms with van der Waals surface area (Å²) in [6.07, 6.45) is 31.0. The van der Waals surface area contributed by atoms with Crippen LogP contribution in [0.15, 0.2) is 60.7 Å². The van der Waals surface area contributed by atoms with Crippen LogP contribution in [0, 0.1) is 29.1 Å². The maximum Gasteiger partial charge on any atom is 0.328 e. The third-order valence-corrected chi connectivity index (χ3v) is 15.0. The zero-order chi connectivity index (χ0) is 71.6. The smallest absolute Gasteiger partial charge is 0.328 e. The molecule has 0 aliphatic heterocycles. The van der Waals surface area contributed by atoms with Gasteiger partial charge in [-0.3, -0.25) is 33.6 Å². The highest BCUT2D eigenvalue weighted by atomic mass is 19.2. The van der Waals surface area contributed by atoms with Crippen molar-refractivity contribution in [1.29, 1.82) is 0 Å². The molecule has 0 aliphatic rings. The van der Waals surface area contributed by atoms with E-state index >= 15 is 0 Å². The van der Waals surface area contributed by atoms with E-state index in [9.17, 15) is 60.3 Å². The molecule has 0 saturated carbocycles. The van der Waals surface area contributed by atoms with Gasteiger partial charge in [0.1, 0.15) is 36.5 Å². The SMILES string of the molecule is CC(C)(C)OC(=O)CCCCCCCCCCCCCCCCC(=O)N[C@@H](CCC(=O)O)C(=O)OCc1ccccc1.CC(C)(C)OC(=O)CCCCCCCCCCCCCCCCC(=O)Oc1c(F)c(F)c(F)c(F)c1F.N[C@@H](CCC(=O)O)C(=O)OCc1ccccc1. The maximum atomic E-state index is 13.5. The minimum Gasteiger partial charge on any atom is -0.481 e. The first-order chi connectivity index (χ1) is 45.6. The van der Waals surface area contributed by atoms with Gasteiger partial charge in [-0.15, -0.1) is 0 Å². The number of ether oxygens (including phenoxy) is 5. The zero-order valence-electron chi connectivity index (χ0n) is 58.0. The topological polar surface area (TPSA) is 261 Å². The summed E-state index contributed by atoms with van der Waals surface area (Å²) in [4.78, 5) is 92.6. The molecular weight excluding hydrogens is 1250 g/mol. The number of hydrogen-bond acceptors (Lipinski definition) is 14. The second kappa shape index (κ2) is 52.2. The van der Waals surface area contributed by atoms with Crippen LogP contribution in [0.5, 0.6) is 5.75 Å². The standard InChI is InChI=1S/C34H55NO7.C28H41F5O4.C12H15NO4/c1-34(2,3)42-32(39)24-20-15-13-11-9-7-5-4-6-8-10-12-14-19-23-30(36)35-29(25-26-31(37)38)33(40)41-27-28-21-17-16-18-22-28;1-28(2,3)37-21(35)19-17-15-13-11-9-7-5-4-6-8-10-12-14-16-18-20(34)36-27-25(32)23(30)22(29)24(31)26(27)33;13-10(6-7-11(14)15)12(16)17-8-9-4-2-1-3-5-9/h16-18,21-22,29H,4-15,19-20,23-27H2,1-3H3,(H,35,36)(H,37,38);4-19H2,1-3H3;1-5,10H,6-8,13H2,(H,14,15)/t29-;;10-/m0.0/s1. The molecule has 0 bridgehead atoms. The molecule has 0 radical (unpaired) electrons. The number of benzene rings is 3. The van der Waals surface area contributed by atoms with Gasteiger partial charge in [0.25, 0.3) is 0 Å². The molecule has 3 rings (SSSR count). The third kappa shape index (κ3) is 47.0. The van der Waals surface area contributed by atoms with Crippen LogP contribution in [0.4, 0.5) is 22.0 Å².